The monoisotopic (exact) mass is 256 g/mol. The van der Waals surface area contributed by atoms with Crippen molar-refractivity contribution in [3.8, 4) is 0 Å². The van der Waals surface area contributed by atoms with E-state index in [0.717, 1.165) is 6.54 Å². The minimum atomic E-state index is 0.0532. The number of carbonyl (C=O) groups excluding carboxylic acids is 1. The maximum Gasteiger partial charge on any atom is 0.246 e. The van der Waals surface area contributed by atoms with Crippen molar-refractivity contribution in [3.05, 3.63) is 12.2 Å². The molecule has 1 heterocycles. The average molecular weight is 256 g/mol. The molecule has 1 rings (SSSR count). The SMILES string of the molecule is COC[C@H]1CN(C(=O)/C=C/CN(C)C)C[C@@H]1OC. The van der Waals surface area contributed by atoms with Crippen molar-refractivity contribution in [3.63, 3.8) is 0 Å². The van der Waals surface area contributed by atoms with Crippen LogP contribution < -0.4 is 0 Å². The Kier molecular flexibility index (Phi) is 6.32. The predicted octanol–water partition coefficient (Wildman–Crippen LogP) is 0.224. The fourth-order valence-corrected chi connectivity index (χ4v) is 2.13. The summed E-state index contributed by atoms with van der Waals surface area (Å²) < 4.78 is 10.5. The van der Waals surface area contributed by atoms with E-state index in [-0.39, 0.29) is 17.9 Å². The predicted molar refractivity (Wildman–Crippen MR) is 70.4 cm³/mol. The molecule has 104 valence electrons. The molecule has 1 fully saturated rings. The van der Waals surface area contributed by atoms with Crippen LogP contribution in [-0.4, -0.2) is 76.4 Å². The number of amides is 1. The summed E-state index contributed by atoms with van der Waals surface area (Å²) in [4.78, 5) is 15.8. The van der Waals surface area contributed by atoms with E-state index >= 15 is 0 Å². The van der Waals surface area contributed by atoms with Gasteiger partial charge in [-0.2, -0.15) is 0 Å². The Bertz CT molecular complexity index is 292. The van der Waals surface area contributed by atoms with E-state index in [1.165, 1.54) is 0 Å². The first-order valence-electron chi connectivity index (χ1n) is 6.20. The Morgan fingerprint density at radius 2 is 2.11 bits per heavy atom. The number of ether oxygens (including phenoxy) is 2. The van der Waals surface area contributed by atoms with E-state index in [2.05, 4.69) is 0 Å². The molecule has 5 nitrogen and oxygen atoms in total. The molecule has 0 aliphatic carbocycles. The van der Waals surface area contributed by atoms with Gasteiger partial charge in [0, 0.05) is 45.8 Å². The summed E-state index contributed by atoms with van der Waals surface area (Å²) in [5, 5.41) is 0. The fourth-order valence-electron chi connectivity index (χ4n) is 2.13. The Morgan fingerprint density at radius 1 is 1.39 bits per heavy atom. The highest BCUT2D eigenvalue weighted by Crippen LogP contribution is 2.20. The lowest BCUT2D eigenvalue weighted by Crippen LogP contribution is -2.28. The smallest absolute Gasteiger partial charge is 0.246 e. The first-order valence-corrected chi connectivity index (χ1v) is 6.20. The molecule has 18 heavy (non-hydrogen) atoms. The van der Waals surface area contributed by atoms with Gasteiger partial charge in [-0.1, -0.05) is 6.08 Å². The molecule has 1 saturated heterocycles. The summed E-state index contributed by atoms with van der Waals surface area (Å²) in [6.45, 7) is 2.76. The van der Waals surface area contributed by atoms with Crippen LogP contribution in [-0.2, 0) is 14.3 Å². The first-order chi connectivity index (χ1) is 8.58. The van der Waals surface area contributed by atoms with Crippen molar-refractivity contribution in [2.24, 2.45) is 5.92 Å². The highest BCUT2D eigenvalue weighted by Gasteiger charge is 2.34. The number of rotatable bonds is 6. The van der Waals surface area contributed by atoms with Crippen LogP contribution in [0.25, 0.3) is 0 Å². The van der Waals surface area contributed by atoms with Crippen molar-refractivity contribution in [1.82, 2.24) is 9.80 Å². The van der Waals surface area contributed by atoms with Gasteiger partial charge in [-0.05, 0) is 14.1 Å². The summed E-state index contributed by atoms with van der Waals surface area (Å²) >= 11 is 0. The first kappa shape index (κ1) is 15.1. The van der Waals surface area contributed by atoms with E-state index in [4.69, 9.17) is 9.47 Å². The second-order valence-electron chi connectivity index (χ2n) is 4.90. The molecule has 5 heteroatoms. The zero-order valence-electron chi connectivity index (χ0n) is 11.8. The number of hydrogen-bond donors (Lipinski definition) is 0. The summed E-state index contributed by atoms with van der Waals surface area (Å²) in [5.41, 5.74) is 0. The molecule has 0 aromatic heterocycles. The number of likely N-dealkylation sites (N-methyl/N-ethyl adjacent to an activating group) is 1. The molecular formula is C13H24N2O3. The van der Waals surface area contributed by atoms with Gasteiger partial charge in [0.15, 0.2) is 0 Å². The molecule has 0 bridgehead atoms. The molecule has 1 aliphatic heterocycles. The van der Waals surface area contributed by atoms with E-state index in [9.17, 15) is 4.79 Å². The van der Waals surface area contributed by atoms with Crippen molar-refractivity contribution in [2.75, 3.05) is 54.6 Å². The number of carbonyl (C=O) groups is 1. The van der Waals surface area contributed by atoms with Gasteiger partial charge in [-0.3, -0.25) is 4.79 Å². The fraction of sp³-hybridized carbons (Fsp3) is 0.769. The Balaban J connectivity index is 2.48. The number of nitrogens with zero attached hydrogens (tertiary/aromatic N) is 2. The largest absolute Gasteiger partial charge is 0.384 e. The van der Waals surface area contributed by atoms with Crippen LogP contribution in [0.15, 0.2) is 12.2 Å². The van der Waals surface area contributed by atoms with Gasteiger partial charge in [0.2, 0.25) is 5.91 Å². The van der Waals surface area contributed by atoms with Crippen molar-refractivity contribution >= 4 is 5.91 Å². The summed E-state index contributed by atoms with van der Waals surface area (Å²) in [7, 11) is 7.30. The van der Waals surface area contributed by atoms with Gasteiger partial charge in [0.25, 0.3) is 0 Å². The number of hydrogen-bond acceptors (Lipinski definition) is 4. The van der Waals surface area contributed by atoms with Gasteiger partial charge in [0.1, 0.15) is 0 Å². The third-order valence-corrected chi connectivity index (χ3v) is 3.11. The van der Waals surface area contributed by atoms with Gasteiger partial charge >= 0.3 is 0 Å². The van der Waals surface area contributed by atoms with E-state index < -0.39 is 0 Å². The molecule has 0 aromatic carbocycles. The molecule has 1 amide bonds. The lowest BCUT2D eigenvalue weighted by Gasteiger charge is -2.14. The molecule has 0 saturated carbocycles. The van der Waals surface area contributed by atoms with E-state index in [1.54, 1.807) is 20.3 Å². The molecule has 2 atom stereocenters. The van der Waals surface area contributed by atoms with Crippen LogP contribution in [0.1, 0.15) is 0 Å². The number of methoxy groups -OCH3 is 2. The standard InChI is InChI=1S/C13H24N2O3/c1-14(2)7-5-6-13(16)15-8-11(10-17-3)12(9-15)18-4/h5-6,11-12H,7-10H2,1-4H3/b6-5+/t11-,12+/m1/s1. The highest BCUT2D eigenvalue weighted by atomic mass is 16.5. The maximum absolute atomic E-state index is 12.0. The normalized spacial score (nSPS) is 24.4. The van der Waals surface area contributed by atoms with Crippen LogP contribution in [0.2, 0.25) is 0 Å². The topological polar surface area (TPSA) is 42.0 Å². The van der Waals surface area contributed by atoms with Gasteiger partial charge < -0.3 is 19.3 Å². The van der Waals surface area contributed by atoms with Gasteiger partial charge in [-0.15, -0.1) is 0 Å². The molecule has 0 radical (unpaired) electrons. The second-order valence-corrected chi connectivity index (χ2v) is 4.90. The van der Waals surface area contributed by atoms with Crippen molar-refractivity contribution < 1.29 is 14.3 Å². The van der Waals surface area contributed by atoms with Crippen LogP contribution in [0.4, 0.5) is 0 Å². The Labute approximate surface area is 109 Å². The summed E-state index contributed by atoms with van der Waals surface area (Å²) in [5.74, 6) is 0.323. The molecule has 1 aliphatic rings. The number of likely N-dealkylation sites (tertiary alicyclic amines) is 1. The van der Waals surface area contributed by atoms with Crippen LogP contribution >= 0.6 is 0 Å². The van der Waals surface area contributed by atoms with E-state index in [1.807, 2.05) is 30.0 Å². The quantitative estimate of drug-likeness (QED) is 0.638. The van der Waals surface area contributed by atoms with Crippen LogP contribution in [0.5, 0.6) is 0 Å². The second kappa shape index (κ2) is 7.51. The van der Waals surface area contributed by atoms with Crippen LogP contribution in [0.3, 0.4) is 0 Å². The average Bonchev–Trinajstić information content (AvgIpc) is 2.72. The van der Waals surface area contributed by atoms with Crippen LogP contribution in [0, 0.1) is 5.92 Å². The van der Waals surface area contributed by atoms with Gasteiger partial charge in [-0.25, -0.2) is 0 Å². The third kappa shape index (κ3) is 4.40. The minimum Gasteiger partial charge on any atom is -0.384 e. The molecule has 0 aromatic rings. The molecule has 0 N–H and O–H groups in total. The van der Waals surface area contributed by atoms with Crippen molar-refractivity contribution in [2.45, 2.75) is 6.10 Å². The molecule has 0 unspecified atom stereocenters. The highest BCUT2D eigenvalue weighted by molar-refractivity contribution is 5.87. The third-order valence-electron chi connectivity index (χ3n) is 3.11. The Hall–Kier alpha value is -0.910. The lowest BCUT2D eigenvalue weighted by atomic mass is 10.1. The molecular weight excluding hydrogens is 232 g/mol. The lowest BCUT2D eigenvalue weighted by molar-refractivity contribution is -0.125. The van der Waals surface area contributed by atoms with Gasteiger partial charge in [0.05, 0.1) is 12.7 Å². The summed E-state index contributed by atoms with van der Waals surface area (Å²) in [6, 6.07) is 0. The minimum absolute atomic E-state index is 0.0532. The summed E-state index contributed by atoms with van der Waals surface area (Å²) in [6.07, 6.45) is 3.60. The Morgan fingerprint density at radius 3 is 2.67 bits per heavy atom. The molecule has 0 spiro atoms. The zero-order chi connectivity index (χ0) is 13.5. The maximum atomic E-state index is 12.0. The zero-order valence-corrected chi connectivity index (χ0v) is 11.8. The van der Waals surface area contributed by atoms with E-state index in [0.29, 0.717) is 19.7 Å². The van der Waals surface area contributed by atoms with Crippen molar-refractivity contribution in [1.29, 1.82) is 0 Å².